The van der Waals surface area contributed by atoms with Gasteiger partial charge in [0, 0.05) is 32.2 Å². The standard InChI is InChI=1S/C18H27BrN2O2.2ClH/c1-22-15-11-14(12-16(23-2)17(15)19)18(13-5-3-4-6-13)21-9-7-20-8-10-21;;/h11-13,18,20H,3-10H2,1-2H3;2*1H/t18-;;/m0../s1. The third-order valence-electron chi connectivity index (χ3n) is 5.20. The van der Waals surface area contributed by atoms with Crippen LogP contribution in [0.15, 0.2) is 16.6 Å². The number of nitrogens with zero attached hydrogens (tertiary/aromatic N) is 1. The first kappa shape index (κ1) is 22.8. The molecule has 0 unspecified atom stereocenters. The Hall–Kier alpha value is -0.200. The first-order chi connectivity index (χ1) is 11.2. The second-order valence-corrected chi connectivity index (χ2v) is 7.31. The lowest BCUT2D eigenvalue weighted by molar-refractivity contribution is 0.125. The molecule has 1 atom stereocenters. The van der Waals surface area contributed by atoms with E-state index in [0.717, 1.165) is 48.1 Å². The minimum absolute atomic E-state index is 0. The highest BCUT2D eigenvalue weighted by Gasteiger charge is 2.32. The van der Waals surface area contributed by atoms with E-state index in [1.165, 1.54) is 31.2 Å². The van der Waals surface area contributed by atoms with Crippen LogP contribution in [0.3, 0.4) is 0 Å². The second kappa shape index (κ2) is 10.8. The number of nitrogens with one attached hydrogen (secondary N) is 1. The van der Waals surface area contributed by atoms with Gasteiger partial charge in [-0.1, -0.05) is 12.8 Å². The highest BCUT2D eigenvalue weighted by molar-refractivity contribution is 9.10. The Morgan fingerprint density at radius 2 is 1.56 bits per heavy atom. The van der Waals surface area contributed by atoms with Crippen LogP contribution in [0.1, 0.15) is 37.3 Å². The van der Waals surface area contributed by atoms with E-state index in [9.17, 15) is 0 Å². The van der Waals surface area contributed by atoms with Crippen LogP contribution < -0.4 is 14.8 Å². The van der Waals surface area contributed by atoms with Gasteiger partial charge in [0.25, 0.3) is 0 Å². The SMILES string of the molecule is COc1cc([C@H](C2CCCC2)N2CCNCC2)cc(OC)c1Br.Cl.Cl. The number of ether oxygens (including phenoxy) is 2. The normalized spacial score (nSPS) is 19.6. The summed E-state index contributed by atoms with van der Waals surface area (Å²) in [6.45, 7) is 4.38. The highest BCUT2D eigenvalue weighted by Crippen LogP contribution is 2.44. The zero-order valence-corrected chi connectivity index (χ0v) is 18.1. The van der Waals surface area contributed by atoms with Crippen molar-refractivity contribution in [3.63, 3.8) is 0 Å². The summed E-state index contributed by atoms with van der Waals surface area (Å²) in [5.74, 6) is 2.46. The van der Waals surface area contributed by atoms with Crippen LogP contribution in [0.5, 0.6) is 11.5 Å². The van der Waals surface area contributed by atoms with Crippen molar-refractivity contribution >= 4 is 40.7 Å². The van der Waals surface area contributed by atoms with E-state index < -0.39 is 0 Å². The lowest BCUT2D eigenvalue weighted by Crippen LogP contribution is -2.46. The van der Waals surface area contributed by atoms with Crippen molar-refractivity contribution in [3.05, 3.63) is 22.2 Å². The molecule has 2 aliphatic rings. The van der Waals surface area contributed by atoms with Crippen LogP contribution in [-0.2, 0) is 0 Å². The molecule has 4 nitrogen and oxygen atoms in total. The summed E-state index contributed by atoms with van der Waals surface area (Å²) in [4.78, 5) is 2.65. The summed E-state index contributed by atoms with van der Waals surface area (Å²) in [6, 6.07) is 4.85. The van der Waals surface area contributed by atoms with Crippen LogP contribution in [-0.4, -0.2) is 45.3 Å². The van der Waals surface area contributed by atoms with Gasteiger partial charge in [-0.2, -0.15) is 0 Å². The second-order valence-electron chi connectivity index (χ2n) is 6.51. The lowest BCUT2D eigenvalue weighted by atomic mass is 9.89. The Bertz CT molecular complexity index is 511. The molecule has 1 aromatic carbocycles. The molecule has 1 aromatic rings. The minimum atomic E-state index is 0. The molecule has 144 valence electrons. The van der Waals surface area contributed by atoms with E-state index in [1.807, 2.05) is 0 Å². The van der Waals surface area contributed by atoms with Crippen LogP contribution in [0.25, 0.3) is 0 Å². The molecule has 3 rings (SSSR count). The molecule has 7 heteroatoms. The van der Waals surface area contributed by atoms with Gasteiger partial charge in [-0.05, 0) is 52.4 Å². The van der Waals surface area contributed by atoms with Crippen molar-refractivity contribution < 1.29 is 9.47 Å². The number of rotatable bonds is 5. The molecule has 0 aromatic heterocycles. The van der Waals surface area contributed by atoms with Crippen molar-refractivity contribution in [2.24, 2.45) is 5.92 Å². The highest BCUT2D eigenvalue weighted by atomic mass is 79.9. The maximum Gasteiger partial charge on any atom is 0.137 e. The molecule has 0 amide bonds. The zero-order valence-electron chi connectivity index (χ0n) is 14.9. The van der Waals surface area contributed by atoms with Crippen molar-refractivity contribution in [3.8, 4) is 11.5 Å². The first-order valence-electron chi connectivity index (χ1n) is 8.60. The Morgan fingerprint density at radius 3 is 2.04 bits per heavy atom. The van der Waals surface area contributed by atoms with Gasteiger partial charge < -0.3 is 14.8 Å². The average Bonchev–Trinajstić information content (AvgIpc) is 3.11. The predicted molar refractivity (Wildman–Crippen MR) is 111 cm³/mol. The van der Waals surface area contributed by atoms with Gasteiger partial charge >= 0.3 is 0 Å². The molecule has 1 heterocycles. The van der Waals surface area contributed by atoms with Crippen LogP contribution in [0, 0.1) is 5.92 Å². The van der Waals surface area contributed by atoms with E-state index >= 15 is 0 Å². The van der Waals surface area contributed by atoms with Gasteiger partial charge in [-0.3, -0.25) is 4.90 Å². The maximum atomic E-state index is 5.57. The van der Waals surface area contributed by atoms with Gasteiger partial charge in [0.1, 0.15) is 16.0 Å². The number of hydrogen-bond donors (Lipinski definition) is 1. The molecular weight excluding hydrogens is 427 g/mol. The molecule has 1 saturated carbocycles. The molecule has 1 saturated heterocycles. The molecule has 1 aliphatic carbocycles. The number of piperazine rings is 1. The minimum Gasteiger partial charge on any atom is -0.495 e. The summed E-state index contributed by atoms with van der Waals surface area (Å²) >= 11 is 3.59. The first-order valence-corrected chi connectivity index (χ1v) is 9.40. The van der Waals surface area contributed by atoms with Gasteiger partial charge in [-0.15, -0.1) is 24.8 Å². The molecule has 1 N–H and O–H groups in total. The monoisotopic (exact) mass is 454 g/mol. The molecule has 25 heavy (non-hydrogen) atoms. The van der Waals surface area contributed by atoms with Crippen LogP contribution in [0.2, 0.25) is 0 Å². The van der Waals surface area contributed by atoms with Gasteiger partial charge in [-0.25, -0.2) is 0 Å². The Balaban J connectivity index is 0.00000156. The molecule has 0 bridgehead atoms. The number of methoxy groups -OCH3 is 2. The summed E-state index contributed by atoms with van der Waals surface area (Å²) < 4.78 is 12.0. The van der Waals surface area contributed by atoms with Crippen molar-refractivity contribution in [1.29, 1.82) is 0 Å². The van der Waals surface area contributed by atoms with E-state index in [0.29, 0.717) is 6.04 Å². The van der Waals surface area contributed by atoms with Crippen molar-refractivity contribution in [2.45, 2.75) is 31.7 Å². The fraction of sp³-hybridized carbons (Fsp3) is 0.667. The summed E-state index contributed by atoms with van der Waals surface area (Å²) in [5, 5.41) is 3.47. The van der Waals surface area contributed by atoms with E-state index in [1.54, 1.807) is 14.2 Å². The molecule has 2 fully saturated rings. The molecule has 1 aliphatic heterocycles. The Kier molecular flexibility index (Phi) is 9.89. The zero-order chi connectivity index (χ0) is 16.2. The van der Waals surface area contributed by atoms with Gasteiger partial charge in [0.15, 0.2) is 0 Å². The third-order valence-corrected chi connectivity index (χ3v) is 5.98. The third kappa shape index (κ3) is 5.16. The van der Waals surface area contributed by atoms with E-state index in [4.69, 9.17) is 9.47 Å². The fourth-order valence-electron chi connectivity index (χ4n) is 4.07. The summed E-state index contributed by atoms with van der Waals surface area (Å²) in [5.41, 5.74) is 1.33. The summed E-state index contributed by atoms with van der Waals surface area (Å²) in [7, 11) is 3.44. The predicted octanol–water partition coefficient (Wildman–Crippen LogP) is 4.45. The lowest BCUT2D eigenvalue weighted by Gasteiger charge is -2.39. The van der Waals surface area contributed by atoms with E-state index in [2.05, 4.69) is 38.3 Å². The number of halogens is 3. The van der Waals surface area contributed by atoms with E-state index in [-0.39, 0.29) is 24.8 Å². The van der Waals surface area contributed by atoms with Crippen LogP contribution in [0.4, 0.5) is 0 Å². The number of benzene rings is 1. The Labute approximate surface area is 172 Å². The van der Waals surface area contributed by atoms with Gasteiger partial charge in [0.05, 0.1) is 14.2 Å². The quantitative estimate of drug-likeness (QED) is 0.711. The molecule has 0 spiro atoms. The largest absolute Gasteiger partial charge is 0.495 e. The Morgan fingerprint density at radius 1 is 1.04 bits per heavy atom. The van der Waals surface area contributed by atoms with Crippen molar-refractivity contribution in [1.82, 2.24) is 10.2 Å². The van der Waals surface area contributed by atoms with Crippen molar-refractivity contribution in [2.75, 3.05) is 40.4 Å². The topological polar surface area (TPSA) is 33.7 Å². The smallest absolute Gasteiger partial charge is 0.137 e. The molecule has 0 radical (unpaired) electrons. The summed E-state index contributed by atoms with van der Waals surface area (Å²) in [6.07, 6.45) is 5.38. The number of hydrogen-bond acceptors (Lipinski definition) is 4. The fourth-order valence-corrected chi connectivity index (χ4v) is 4.63. The maximum absolute atomic E-state index is 5.57. The molecular formula is C18H29BrCl2N2O2. The van der Waals surface area contributed by atoms with Crippen LogP contribution >= 0.6 is 40.7 Å². The van der Waals surface area contributed by atoms with Gasteiger partial charge in [0.2, 0.25) is 0 Å². The average molecular weight is 456 g/mol.